The minimum Gasteiger partial charge on any atom is -0.485 e. The molecule has 0 bridgehead atoms. The molecule has 1 aromatic heterocycles. The van der Waals surface area contributed by atoms with Crippen LogP contribution in [0.2, 0.25) is 0 Å². The number of nitrogens with zero attached hydrogens (tertiary/aromatic N) is 2. The maximum absolute atomic E-state index is 14.5. The summed E-state index contributed by atoms with van der Waals surface area (Å²) in [6.45, 7) is 5.37. The quantitative estimate of drug-likeness (QED) is 0.560. The lowest BCUT2D eigenvalue weighted by atomic mass is 9.92. The highest BCUT2D eigenvalue weighted by molar-refractivity contribution is 5.42. The molecule has 2 saturated heterocycles. The third-order valence-electron chi connectivity index (χ3n) is 7.32. The summed E-state index contributed by atoms with van der Waals surface area (Å²) in [5, 5.41) is 6.91. The first-order chi connectivity index (χ1) is 16.1. The molecule has 0 radical (unpaired) electrons. The number of aromatic nitrogens is 1. The van der Waals surface area contributed by atoms with Crippen molar-refractivity contribution in [1.82, 2.24) is 20.5 Å². The zero-order chi connectivity index (χ0) is 22.8. The Labute approximate surface area is 192 Å². The molecular formula is C25H31F3N4O. The average Bonchev–Trinajstić information content (AvgIpc) is 3.53. The minimum absolute atomic E-state index is 0.00286. The molecule has 33 heavy (non-hydrogen) atoms. The van der Waals surface area contributed by atoms with Crippen molar-refractivity contribution in [2.24, 2.45) is 5.92 Å². The Kier molecular flexibility index (Phi) is 6.85. The Hall–Kier alpha value is -2.16. The van der Waals surface area contributed by atoms with Crippen LogP contribution in [0, 0.1) is 23.5 Å². The van der Waals surface area contributed by atoms with Crippen molar-refractivity contribution in [2.75, 3.05) is 32.7 Å². The van der Waals surface area contributed by atoms with E-state index in [0.29, 0.717) is 5.56 Å². The predicted octanol–water partition coefficient (Wildman–Crippen LogP) is 3.60. The predicted molar refractivity (Wildman–Crippen MR) is 120 cm³/mol. The molecule has 3 aliphatic rings. The summed E-state index contributed by atoms with van der Waals surface area (Å²) in [6, 6.07) is 6.21. The normalized spacial score (nSPS) is 24.0. The fourth-order valence-electron chi connectivity index (χ4n) is 5.06. The van der Waals surface area contributed by atoms with Crippen molar-refractivity contribution in [1.29, 1.82) is 0 Å². The molecule has 8 heteroatoms. The monoisotopic (exact) mass is 460 g/mol. The minimum atomic E-state index is -0.756. The van der Waals surface area contributed by atoms with Gasteiger partial charge in [-0.3, -0.25) is 4.90 Å². The van der Waals surface area contributed by atoms with Crippen LogP contribution in [0.5, 0.6) is 5.75 Å². The Morgan fingerprint density at radius 1 is 1.15 bits per heavy atom. The average molecular weight is 461 g/mol. The Bertz CT molecular complexity index is 963. The largest absolute Gasteiger partial charge is 0.485 e. The van der Waals surface area contributed by atoms with Crippen LogP contribution < -0.4 is 15.4 Å². The van der Waals surface area contributed by atoms with Crippen LogP contribution in [0.3, 0.4) is 0 Å². The van der Waals surface area contributed by atoms with Gasteiger partial charge in [-0.05, 0) is 69.4 Å². The van der Waals surface area contributed by atoms with Crippen LogP contribution >= 0.6 is 0 Å². The fraction of sp³-hybridized carbons (Fsp3) is 0.560. The number of hydrogen-bond acceptors (Lipinski definition) is 5. The summed E-state index contributed by atoms with van der Waals surface area (Å²) in [5.74, 6) is -1.29. The first kappa shape index (κ1) is 22.6. The molecular weight excluding hydrogens is 429 g/mol. The van der Waals surface area contributed by atoms with Crippen LogP contribution in [0.4, 0.5) is 13.2 Å². The van der Waals surface area contributed by atoms with Gasteiger partial charge in [-0.2, -0.15) is 4.39 Å². The Morgan fingerprint density at radius 3 is 2.70 bits per heavy atom. The van der Waals surface area contributed by atoms with Gasteiger partial charge >= 0.3 is 0 Å². The first-order valence-corrected chi connectivity index (χ1v) is 12.0. The second-order valence-electron chi connectivity index (χ2n) is 9.53. The standard InChI is InChI=1S/C25H31F3N4O/c26-18-10-21(24(22(27)11-18)33-15-17-2-1-6-31-25(17)28)20-12-23(20)30-7-3-16-4-8-32(9-5-16)19-13-29-14-19/h1-2,6,10-11,16,19-20,23,29-30H,3-5,7-9,12-15H2/t20-,23+/m0/s1. The van der Waals surface area contributed by atoms with E-state index in [1.807, 2.05) is 0 Å². The summed E-state index contributed by atoms with van der Waals surface area (Å²) in [5.41, 5.74) is 0.744. The van der Waals surface area contributed by atoms with Gasteiger partial charge in [0.15, 0.2) is 11.6 Å². The van der Waals surface area contributed by atoms with E-state index in [2.05, 4.69) is 20.5 Å². The lowest BCUT2D eigenvalue weighted by Gasteiger charge is -2.42. The lowest BCUT2D eigenvalue weighted by molar-refractivity contribution is 0.0965. The second kappa shape index (κ2) is 9.99. The number of hydrogen-bond donors (Lipinski definition) is 2. The van der Waals surface area contributed by atoms with Crippen molar-refractivity contribution in [2.45, 2.75) is 50.3 Å². The second-order valence-corrected chi connectivity index (χ2v) is 9.53. The third-order valence-corrected chi connectivity index (χ3v) is 7.32. The molecule has 2 N–H and O–H groups in total. The van der Waals surface area contributed by atoms with Gasteiger partial charge in [0.2, 0.25) is 5.95 Å². The van der Waals surface area contributed by atoms with Gasteiger partial charge in [-0.15, -0.1) is 0 Å². The number of pyridine rings is 1. The highest BCUT2D eigenvalue weighted by Gasteiger charge is 2.41. The molecule has 5 nitrogen and oxygen atoms in total. The number of halogens is 3. The molecule has 0 amide bonds. The van der Waals surface area contributed by atoms with Crippen LogP contribution in [0.1, 0.15) is 42.7 Å². The van der Waals surface area contributed by atoms with Gasteiger partial charge in [0.05, 0.1) is 0 Å². The Morgan fingerprint density at radius 2 is 1.97 bits per heavy atom. The van der Waals surface area contributed by atoms with Crippen LogP contribution in [0.15, 0.2) is 30.5 Å². The molecule has 178 valence electrons. The number of piperidine rings is 1. The molecule has 0 unspecified atom stereocenters. The summed E-state index contributed by atoms with van der Waals surface area (Å²) >= 11 is 0. The number of benzene rings is 1. The van der Waals surface area contributed by atoms with E-state index in [4.69, 9.17) is 4.74 Å². The van der Waals surface area contributed by atoms with Gasteiger partial charge in [-0.25, -0.2) is 13.8 Å². The molecule has 3 fully saturated rings. The summed E-state index contributed by atoms with van der Waals surface area (Å²) < 4.78 is 47.9. The highest BCUT2D eigenvalue weighted by atomic mass is 19.1. The van der Waals surface area contributed by atoms with Crippen molar-refractivity contribution in [3.8, 4) is 5.75 Å². The number of nitrogens with one attached hydrogen (secondary N) is 2. The number of ether oxygens (including phenoxy) is 1. The third kappa shape index (κ3) is 5.34. The Balaban J connectivity index is 1.12. The maximum atomic E-state index is 14.5. The van der Waals surface area contributed by atoms with E-state index in [-0.39, 0.29) is 29.9 Å². The zero-order valence-electron chi connectivity index (χ0n) is 18.7. The SMILES string of the molecule is Fc1cc(F)c(OCc2cccnc2F)c([C@@H]2C[C@H]2NCCC2CCN(C3CNC3)CC2)c1. The van der Waals surface area contributed by atoms with Crippen molar-refractivity contribution in [3.63, 3.8) is 0 Å². The summed E-state index contributed by atoms with van der Waals surface area (Å²) in [4.78, 5) is 6.19. The molecule has 2 aromatic rings. The summed E-state index contributed by atoms with van der Waals surface area (Å²) in [7, 11) is 0. The maximum Gasteiger partial charge on any atom is 0.219 e. The van der Waals surface area contributed by atoms with Gasteiger partial charge in [0, 0.05) is 54.5 Å². The fourth-order valence-corrected chi connectivity index (χ4v) is 5.06. The van der Waals surface area contributed by atoms with Gasteiger partial charge in [0.1, 0.15) is 12.4 Å². The zero-order valence-corrected chi connectivity index (χ0v) is 18.7. The number of likely N-dealkylation sites (tertiary alicyclic amines) is 1. The van der Waals surface area contributed by atoms with Gasteiger partial charge in [-0.1, -0.05) is 0 Å². The molecule has 0 spiro atoms. The molecule has 2 atom stereocenters. The first-order valence-electron chi connectivity index (χ1n) is 12.0. The topological polar surface area (TPSA) is 49.4 Å². The van der Waals surface area contributed by atoms with Crippen molar-refractivity contribution in [3.05, 3.63) is 59.2 Å². The van der Waals surface area contributed by atoms with Gasteiger partial charge in [0.25, 0.3) is 0 Å². The van der Waals surface area contributed by atoms with Crippen molar-refractivity contribution >= 4 is 0 Å². The molecule has 3 heterocycles. The van der Waals surface area contributed by atoms with E-state index in [1.54, 1.807) is 12.1 Å². The van der Waals surface area contributed by atoms with Crippen LogP contribution in [-0.2, 0) is 6.61 Å². The van der Waals surface area contributed by atoms with E-state index >= 15 is 0 Å². The highest BCUT2D eigenvalue weighted by Crippen LogP contribution is 2.46. The van der Waals surface area contributed by atoms with E-state index in [1.165, 1.54) is 38.2 Å². The van der Waals surface area contributed by atoms with Crippen molar-refractivity contribution < 1.29 is 17.9 Å². The molecule has 1 saturated carbocycles. The smallest absolute Gasteiger partial charge is 0.219 e. The molecule has 5 rings (SSSR count). The molecule has 2 aliphatic heterocycles. The van der Waals surface area contributed by atoms with E-state index in [9.17, 15) is 13.2 Å². The lowest BCUT2D eigenvalue weighted by Crippen LogP contribution is -2.58. The number of rotatable bonds is 9. The molecule has 1 aliphatic carbocycles. The molecule has 1 aromatic carbocycles. The van der Waals surface area contributed by atoms with Crippen LogP contribution in [-0.4, -0.2) is 54.7 Å². The van der Waals surface area contributed by atoms with Gasteiger partial charge < -0.3 is 15.4 Å². The van der Waals surface area contributed by atoms with E-state index < -0.39 is 17.6 Å². The van der Waals surface area contributed by atoms with Crippen LogP contribution in [0.25, 0.3) is 0 Å². The summed E-state index contributed by atoms with van der Waals surface area (Å²) in [6.07, 6.45) is 5.77. The van der Waals surface area contributed by atoms with E-state index in [0.717, 1.165) is 50.5 Å².